The van der Waals surface area contributed by atoms with Gasteiger partial charge in [-0.3, -0.25) is 4.79 Å². The zero-order valence-corrected chi connectivity index (χ0v) is 22.2. The van der Waals surface area contributed by atoms with Crippen LogP contribution in [-0.2, 0) is 4.79 Å². The molecular weight excluding hydrogens is 504 g/mol. The number of hydrogen-bond acceptors (Lipinski definition) is 6. The molecule has 0 aromatic heterocycles. The molecule has 0 aliphatic carbocycles. The van der Waals surface area contributed by atoms with Crippen LogP contribution in [0.3, 0.4) is 0 Å². The molecule has 1 aliphatic heterocycles. The van der Waals surface area contributed by atoms with Gasteiger partial charge in [-0.15, -0.1) is 0 Å². The molecule has 0 fully saturated rings. The largest absolute Gasteiger partial charge is 0.493 e. The maximum Gasteiger partial charge on any atom is 0.343 e. The van der Waals surface area contributed by atoms with Crippen LogP contribution in [0.1, 0.15) is 39.5 Å². The fraction of sp³-hybridized carbons (Fsp3) is 0.121. The van der Waals surface area contributed by atoms with Crippen molar-refractivity contribution in [1.82, 2.24) is 5.01 Å². The molecule has 0 unspecified atom stereocenters. The van der Waals surface area contributed by atoms with Gasteiger partial charge in [0, 0.05) is 18.1 Å². The van der Waals surface area contributed by atoms with Gasteiger partial charge >= 0.3 is 5.97 Å². The molecule has 0 radical (unpaired) electrons. The fourth-order valence-corrected chi connectivity index (χ4v) is 4.53. The third-order valence-electron chi connectivity index (χ3n) is 6.56. The van der Waals surface area contributed by atoms with Crippen molar-refractivity contribution >= 4 is 23.7 Å². The topological polar surface area (TPSA) is 77.4 Å². The smallest absolute Gasteiger partial charge is 0.343 e. The summed E-state index contributed by atoms with van der Waals surface area (Å²) >= 11 is 0. The SMILES string of the molecule is COc1ccc([C@@H]2CC(c3ccccc3OC(=O)c3ccccc3)=NN2C(=O)/C=C/c2ccccc2)cc1OC. The lowest BCUT2D eigenvalue weighted by Gasteiger charge is -2.21. The highest BCUT2D eigenvalue weighted by molar-refractivity contribution is 6.07. The van der Waals surface area contributed by atoms with Crippen molar-refractivity contribution in [3.05, 3.63) is 131 Å². The number of amides is 1. The molecule has 0 spiro atoms. The van der Waals surface area contributed by atoms with Crippen LogP contribution >= 0.6 is 0 Å². The maximum absolute atomic E-state index is 13.5. The van der Waals surface area contributed by atoms with E-state index in [1.54, 1.807) is 56.7 Å². The summed E-state index contributed by atoms with van der Waals surface area (Å²) in [5, 5.41) is 6.22. The molecule has 7 heteroatoms. The number of hydrogen-bond donors (Lipinski definition) is 0. The summed E-state index contributed by atoms with van der Waals surface area (Å²) in [5.74, 6) is 0.762. The Balaban J connectivity index is 1.49. The quantitative estimate of drug-likeness (QED) is 0.151. The van der Waals surface area contributed by atoms with Crippen LogP contribution in [-0.4, -0.2) is 36.8 Å². The first-order chi connectivity index (χ1) is 19.6. The monoisotopic (exact) mass is 532 g/mol. The minimum Gasteiger partial charge on any atom is -0.493 e. The molecule has 1 amide bonds. The maximum atomic E-state index is 13.5. The zero-order chi connectivity index (χ0) is 27.9. The first-order valence-corrected chi connectivity index (χ1v) is 12.8. The molecule has 1 aliphatic rings. The highest BCUT2D eigenvalue weighted by Crippen LogP contribution is 2.38. The Morgan fingerprint density at radius 3 is 2.20 bits per heavy atom. The third-order valence-corrected chi connectivity index (χ3v) is 6.56. The lowest BCUT2D eigenvalue weighted by atomic mass is 9.97. The van der Waals surface area contributed by atoms with E-state index in [0.29, 0.717) is 40.5 Å². The Hall–Kier alpha value is -5.17. The van der Waals surface area contributed by atoms with Crippen LogP contribution in [0.25, 0.3) is 6.08 Å². The Morgan fingerprint density at radius 1 is 0.800 bits per heavy atom. The summed E-state index contributed by atoms with van der Waals surface area (Å²) in [6, 6.07) is 30.7. The number of carbonyl (C=O) groups is 2. The number of para-hydroxylation sites is 1. The van der Waals surface area contributed by atoms with Crippen LogP contribution < -0.4 is 14.2 Å². The van der Waals surface area contributed by atoms with Gasteiger partial charge in [-0.2, -0.15) is 5.10 Å². The van der Waals surface area contributed by atoms with E-state index in [4.69, 9.17) is 19.3 Å². The molecule has 5 rings (SSSR count). The summed E-state index contributed by atoms with van der Waals surface area (Å²) in [6.45, 7) is 0. The van der Waals surface area contributed by atoms with Crippen LogP contribution in [0.4, 0.5) is 0 Å². The van der Waals surface area contributed by atoms with Gasteiger partial charge in [-0.1, -0.05) is 66.7 Å². The second-order valence-corrected chi connectivity index (χ2v) is 9.06. The van der Waals surface area contributed by atoms with Gasteiger partial charge < -0.3 is 14.2 Å². The Kier molecular flexibility index (Phi) is 8.02. The van der Waals surface area contributed by atoms with Gasteiger partial charge in [0.15, 0.2) is 11.5 Å². The number of nitrogens with zero attached hydrogens (tertiary/aromatic N) is 2. The number of ether oxygens (including phenoxy) is 3. The summed E-state index contributed by atoms with van der Waals surface area (Å²) in [4.78, 5) is 26.3. The molecule has 1 heterocycles. The van der Waals surface area contributed by atoms with Crippen LogP contribution in [0.5, 0.6) is 17.2 Å². The second kappa shape index (κ2) is 12.1. The Morgan fingerprint density at radius 2 is 1.48 bits per heavy atom. The van der Waals surface area contributed by atoms with Gasteiger partial charge in [0.2, 0.25) is 0 Å². The molecule has 4 aromatic carbocycles. The average molecular weight is 533 g/mol. The number of esters is 1. The lowest BCUT2D eigenvalue weighted by Crippen LogP contribution is -2.25. The van der Waals surface area contributed by atoms with Crippen molar-refractivity contribution in [1.29, 1.82) is 0 Å². The lowest BCUT2D eigenvalue weighted by molar-refractivity contribution is -0.127. The number of carbonyl (C=O) groups excluding carboxylic acids is 2. The minimum atomic E-state index is -0.471. The predicted molar refractivity (Wildman–Crippen MR) is 154 cm³/mol. The molecule has 40 heavy (non-hydrogen) atoms. The van der Waals surface area contributed by atoms with Gasteiger partial charge in [0.05, 0.1) is 31.5 Å². The number of benzene rings is 4. The molecular formula is C33H28N2O5. The third kappa shape index (κ3) is 5.78. The molecule has 0 saturated heterocycles. The normalized spacial score (nSPS) is 14.6. The van der Waals surface area contributed by atoms with Crippen LogP contribution in [0.2, 0.25) is 0 Å². The minimum absolute atomic E-state index is 0.280. The molecule has 200 valence electrons. The van der Waals surface area contributed by atoms with E-state index in [-0.39, 0.29) is 5.91 Å². The van der Waals surface area contributed by atoms with E-state index in [1.165, 1.54) is 11.1 Å². The summed E-state index contributed by atoms with van der Waals surface area (Å²) in [6.07, 6.45) is 3.67. The zero-order valence-electron chi connectivity index (χ0n) is 22.2. The van der Waals surface area contributed by atoms with E-state index in [1.807, 2.05) is 66.7 Å². The summed E-state index contributed by atoms with van der Waals surface area (Å²) in [7, 11) is 3.15. The number of rotatable bonds is 8. The van der Waals surface area contributed by atoms with E-state index in [0.717, 1.165) is 11.1 Å². The highest BCUT2D eigenvalue weighted by atomic mass is 16.5. The number of hydrazone groups is 1. The molecule has 1 atom stereocenters. The van der Waals surface area contributed by atoms with Gasteiger partial charge in [-0.25, -0.2) is 9.80 Å². The van der Waals surface area contributed by atoms with Crippen LogP contribution in [0.15, 0.2) is 114 Å². The summed E-state index contributed by atoms with van der Waals surface area (Å²) in [5.41, 5.74) is 3.44. The molecule has 0 N–H and O–H groups in total. The van der Waals surface area contributed by atoms with E-state index in [9.17, 15) is 9.59 Å². The van der Waals surface area contributed by atoms with Crippen molar-refractivity contribution in [2.45, 2.75) is 12.5 Å². The Labute approximate surface area is 232 Å². The first kappa shape index (κ1) is 26.4. The van der Waals surface area contributed by atoms with Crippen molar-refractivity contribution in [2.75, 3.05) is 14.2 Å². The molecule has 7 nitrogen and oxygen atoms in total. The van der Waals surface area contributed by atoms with Crippen molar-refractivity contribution in [3.8, 4) is 17.2 Å². The Bertz CT molecular complexity index is 1560. The van der Waals surface area contributed by atoms with Crippen molar-refractivity contribution in [3.63, 3.8) is 0 Å². The second-order valence-electron chi connectivity index (χ2n) is 9.06. The van der Waals surface area contributed by atoms with Gasteiger partial charge in [0.1, 0.15) is 5.75 Å². The van der Waals surface area contributed by atoms with Crippen molar-refractivity contribution < 1.29 is 23.8 Å². The molecule has 0 saturated carbocycles. The van der Waals surface area contributed by atoms with Gasteiger partial charge in [0.25, 0.3) is 5.91 Å². The van der Waals surface area contributed by atoms with Crippen molar-refractivity contribution in [2.24, 2.45) is 5.10 Å². The average Bonchev–Trinajstić information content (AvgIpc) is 3.46. The van der Waals surface area contributed by atoms with E-state index >= 15 is 0 Å². The van der Waals surface area contributed by atoms with E-state index in [2.05, 4.69) is 0 Å². The molecule has 4 aromatic rings. The number of methoxy groups -OCH3 is 2. The summed E-state index contributed by atoms with van der Waals surface area (Å²) < 4.78 is 16.7. The standard InChI is InChI=1S/C33H28N2O5/c1-38-30-19-18-25(21-31(30)39-2)28-22-27(34-35(28)32(36)20-17-23-11-5-3-6-12-23)26-15-9-10-16-29(26)40-33(37)24-13-7-4-8-14-24/h3-21,28H,22H2,1-2H3/b20-17+/t28-/m0/s1. The highest BCUT2D eigenvalue weighted by Gasteiger charge is 2.34. The first-order valence-electron chi connectivity index (χ1n) is 12.8. The molecule has 0 bridgehead atoms. The predicted octanol–water partition coefficient (Wildman–Crippen LogP) is 6.31. The fourth-order valence-electron chi connectivity index (χ4n) is 4.53. The van der Waals surface area contributed by atoms with Gasteiger partial charge in [-0.05, 0) is 53.6 Å². The van der Waals surface area contributed by atoms with Crippen LogP contribution in [0, 0.1) is 0 Å². The van der Waals surface area contributed by atoms with E-state index < -0.39 is 12.0 Å².